The van der Waals surface area contributed by atoms with E-state index >= 15 is 0 Å². The first-order valence-electron chi connectivity index (χ1n) is 9.56. The summed E-state index contributed by atoms with van der Waals surface area (Å²) in [5.41, 5.74) is 1.36. The number of fused-ring (bicyclic) bond motifs is 2. The summed E-state index contributed by atoms with van der Waals surface area (Å²) in [7, 11) is -2.02. The molecule has 27 heavy (non-hydrogen) atoms. The summed E-state index contributed by atoms with van der Waals surface area (Å²) in [5.74, 6) is 0.772. The zero-order chi connectivity index (χ0) is 19.2. The van der Waals surface area contributed by atoms with E-state index in [0.717, 1.165) is 42.6 Å². The van der Waals surface area contributed by atoms with Crippen molar-refractivity contribution in [1.29, 1.82) is 0 Å². The first-order valence-corrected chi connectivity index (χ1v) is 11.0. The molecule has 2 fully saturated rings. The van der Waals surface area contributed by atoms with Crippen molar-refractivity contribution >= 4 is 16.1 Å². The molecule has 0 spiro atoms. The number of cyclic esters (lactones) is 1. The highest BCUT2D eigenvalue weighted by Gasteiger charge is 2.51. The highest BCUT2D eigenvalue weighted by molar-refractivity contribution is 7.89. The van der Waals surface area contributed by atoms with E-state index in [9.17, 15) is 13.2 Å². The second-order valence-electron chi connectivity index (χ2n) is 7.55. The van der Waals surface area contributed by atoms with Gasteiger partial charge in [-0.25, -0.2) is 13.2 Å². The van der Waals surface area contributed by atoms with Gasteiger partial charge >= 0.3 is 6.09 Å². The van der Waals surface area contributed by atoms with Gasteiger partial charge in [-0.3, -0.25) is 4.90 Å². The van der Waals surface area contributed by atoms with Gasteiger partial charge in [0.05, 0.1) is 17.5 Å². The van der Waals surface area contributed by atoms with Crippen LogP contribution < -0.4 is 4.74 Å². The maximum Gasteiger partial charge on any atom is 0.410 e. The maximum atomic E-state index is 13.5. The van der Waals surface area contributed by atoms with Gasteiger partial charge in [0.1, 0.15) is 12.4 Å². The van der Waals surface area contributed by atoms with Crippen LogP contribution in [0.4, 0.5) is 4.79 Å². The van der Waals surface area contributed by atoms with Gasteiger partial charge in [-0.15, -0.1) is 0 Å². The molecule has 1 aromatic carbocycles. The van der Waals surface area contributed by atoms with Crippen LogP contribution in [0.2, 0.25) is 0 Å². The number of hydrogen-bond donors (Lipinski definition) is 0. The van der Waals surface area contributed by atoms with Gasteiger partial charge in [-0.05, 0) is 55.4 Å². The zero-order valence-electron chi connectivity index (χ0n) is 15.9. The summed E-state index contributed by atoms with van der Waals surface area (Å²) in [4.78, 5) is 14.1. The average molecular weight is 394 g/mol. The molecule has 1 aromatic rings. The quantitative estimate of drug-likeness (QED) is 0.782. The molecule has 0 radical (unpaired) electrons. The first-order chi connectivity index (χ1) is 12.9. The highest BCUT2D eigenvalue weighted by atomic mass is 32.2. The predicted octanol–water partition coefficient (Wildman–Crippen LogP) is 2.18. The zero-order valence-corrected chi connectivity index (χ0v) is 16.7. The molecule has 0 aromatic heterocycles. The van der Waals surface area contributed by atoms with E-state index in [1.165, 1.54) is 4.31 Å². The normalized spacial score (nSPS) is 25.7. The van der Waals surface area contributed by atoms with Crippen LogP contribution in [0.25, 0.3) is 0 Å². The van der Waals surface area contributed by atoms with Crippen molar-refractivity contribution in [3.8, 4) is 5.75 Å². The number of rotatable bonds is 4. The number of methoxy groups -OCH3 is 1. The summed E-state index contributed by atoms with van der Waals surface area (Å²) in [6, 6.07) is 3.45. The lowest BCUT2D eigenvalue weighted by Crippen LogP contribution is -2.62. The Bertz CT molecular complexity index is 869. The summed E-state index contributed by atoms with van der Waals surface area (Å²) in [5, 5.41) is 0. The summed E-state index contributed by atoms with van der Waals surface area (Å²) >= 11 is 0. The lowest BCUT2D eigenvalue weighted by atomic mass is 9.91. The van der Waals surface area contributed by atoms with E-state index in [-0.39, 0.29) is 19.2 Å². The SMILES string of the molecule is CCC12COC(=O)N1CCN(S(=O)(=O)c1ccc(OC)c3c1CCCC3)C2. The van der Waals surface area contributed by atoms with Crippen molar-refractivity contribution in [3.63, 3.8) is 0 Å². The Labute approximate surface area is 160 Å². The number of benzene rings is 1. The third kappa shape index (κ3) is 2.81. The van der Waals surface area contributed by atoms with Gasteiger partial charge < -0.3 is 9.47 Å². The molecular formula is C19H26N2O5S. The van der Waals surface area contributed by atoms with Crippen molar-refractivity contribution in [2.45, 2.75) is 49.5 Å². The molecule has 1 atom stereocenters. The number of amides is 1. The minimum atomic E-state index is -3.65. The number of hydrogen-bond acceptors (Lipinski definition) is 5. The molecule has 2 saturated heterocycles. The molecule has 1 unspecified atom stereocenters. The number of nitrogens with zero attached hydrogens (tertiary/aromatic N) is 2. The van der Waals surface area contributed by atoms with Crippen LogP contribution in [0.3, 0.4) is 0 Å². The highest BCUT2D eigenvalue weighted by Crippen LogP contribution is 2.38. The minimum absolute atomic E-state index is 0.245. The molecule has 0 bridgehead atoms. The van der Waals surface area contributed by atoms with Crippen molar-refractivity contribution in [2.24, 2.45) is 0 Å². The largest absolute Gasteiger partial charge is 0.496 e. The number of sulfonamides is 1. The number of carbonyl (C=O) groups excluding carboxylic acids is 1. The Balaban J connectivity index is 1.72. The molecule has 8 heteroatoms. The number of piperazine rings is 1. The Morgan fingerprint density at radius 1 is 1.19 bits per heavy atom. The molecule has 2 heterocycles. The number of carbonyl (C=O) groups is 1. The molecule has 0 N–H and O–H groups in total. The molecule has 1 aliphatic carbocycles. The van der Waals surface area contributed by atoms with Crippen LogP contribution in [0, 0.1) is 0 Å². The Morgan fingerprint density at radius 3 is 2.63 bits per heavy atom. The molecule has 4 rings (SSSR count). The smallest absolute Gasteiger partial charge is 0.410 e. The Hall–Kier alpha value is -1.80. The molecular weight excluding hydrogens is 368 g/mol. The molecule has 7 nitrogen and oxygen atoms in total. The second kappa shape index (κ2) is 6.67. The lowest BCUT2D eigenvalue weighted by molar-refractivity contribution is 0.0884. The summed E-state index contributed by atoms with van der Waals surface area (Å²) in [6.45, 7) is 3.15. The Morgan fingerprint density at radius 2 is 1.93 bits per heavy atom. The molecule has 0 saturated carbocycles. The van der Waals surface area contributed by atoms with Crippen LogP contribution in [-0.4, -0.2) is 62.6 Å². The van der Waals surface area contributed by atoms with Gasteiger partial charge in [-0.2, -0.15) is 4.31 Å². The van der Waals surface area contributed by atoms with E-state index in [1.807, 2.05) is 6.92 Å². The monoisotopic (exact) mass is 394 g/mol. The fraction of sp³-hybridized carbons (Fsp3) is 0.632. The van der Waals surface area contributed by atoms with Crippen LogP contribution in [-0.2, 0) is 27.6 Å². The van der Waals surface area contributed by atoms with Gasteiger partial charge in [0.2, 0.25) is 10.0 Å². The van der Waals surface area contributed by atoms with Crippen molar-refractivity contribution in [2.75, 3.05) is 33.4 Å². The van der Waals surface area contributed by atoms with Gasteiger partial charge in [-0.1, -0.05) is 6.92 Å². The van der Waals surface area contributed by atoms with E-state index < -0.39 is 15.6 Å². The predicted molar refractivity (Wildman–Crippen MR) is 99.5 cm³/mol. The number of ether oxygens (including phenoxy) is 2. The molecule has 3 aliphatic rings. The average Bonchev–Trinajstić information content (AvgIpc) is 3.03. The fourth-order valence-electron chi connectivity index (χ4n) is 4.61. The van der Waals surface area contributed by atoms with E-state index in [4.69, 9.17) is 9.47 Å². The van der Waals surface area contributed by atoms with Gasteiger partial charge in [0, 0.05) is 19.6 Å². The van der Waals surface area contributed by atoms with E-state index in [1.54, 1.807) is 24.1 Å². The van der Waals surface area contributed by atoms with Gasteiger partial charge in [0.15, 0.2) is 0 Å². The molecule has 1 amide bonds. The topological polar surface area (TPSA) is 76.2 Å². The fourth-order valence-corrected chi connectivity index (χ4v) is 6.39. The van der Waals surface area contributed by atoms with Crippen LogP contribution in [0.5, 0.6) is 5.75 Å². The van der Waals surface area contributed by atoms with Crippen molar-refractivity contribution in [1.82, 2.24) is 9.21 Å². The third-order valence-electron chi connectivity index (χ3n) is 6.25. The van der Waals surface area contributed by atoms with Crippen LogP contribution in [0.15, 0.2) is 17.0 Å². The summed E-state index contributed by atoms with van der Waals surface area (Å²) in [6.07, 6.45) is 3.95. The van der Waals surface area contributed by atoms with Crippen LogP contribution >= 0.6 is 0 Å². The third-order valence-corrected chi connectivity index (χ3v) is 8.18. The van der Waals surface area contributed by atoms with Crippen molar-refractivity contribution < 1.29 is 22.7 Å². The Kier molecular flexibility index (Phi) is 4.58. The maximum absolute atomic E-state index is 13.5. The first kappa shape index (κ1) is 18.6. The standard InChI is InChI=1S/C19H26N2O5S/c1-3-19-12-20(10-11-21(19)18(22)26-13-19)27(23,24)17-9-8-16(25-2)14-6-4-5-7-15(14)17/h8-9H,3-7,10-13H2,1-2H3. The molecule has 148 valence electrons. The summed E-state index contributed by atoms with van der Waals surface area (Å²) < 4.78 is 39.3. The van der Waals surface area contributed by atoms with E-state index in [0.29, 0.717) is 24.4 Å². The minimum Gasteiger partial charge on any atom is -0.496 e. The van der Waals surface area contributed by atoms with Gasteiger partial charge in [0.25, 0.3) is 0 Å². The molecule has 2 aliphatic heterocycles. The lowest BCUT2D eigenvalue weighted by Gasteiger charge is -2.43. The second-order valence-corrected chi connectivity index (χ2v) is 9.46. The van der Waals surface area contributed by atoms with Crippen molar-refractivity contribution in [3.05, 3.63) is 23.3 Å². The van der Waals surface area contributed by atoms with E-state index in [2.05, 4.69) is 0 Å². The van der Waals surface area contributed by atoms with Crippen LogP contribution in [0.1, 0.15) is 37.3 Å².